The van der Waals surface area contributed by atoms with Gasteiger partial charge in [0.15, 0.2) is 0 Å². The molecule has 0 radical (unpaired) electrons. The number of carbonyl (C=O) groups excluding carboxylic acids is 1. The Labute approximate surface area is 105 Å². The van der Waals surface area contributed by atoms with Crippen LogP contribution in [0, 0.1) is 0 Å². The fourth-order valence-electron chi connectivity index (χ4n) is 2.14. The average molecular weight is 254 g/mol. The first kappa shape index (κ1) is 12.4. The molecule has 0 spiro atoms. The van der Waals surface area contributed by atoms with Crippen LogP contribution in [0.25, 0.3) is 0 Å². The van der Waals surface area contributed by atoms with E-state index < -0.39 is 0 Å². The van der Waals surface area contributed by atoms with Crippen molar-refractivity contribution in [2.75, 3.05) is 20.1 Å². The lowest BCUT2D eigenvalue weighted by Gasteiger charge is -2.32. The van der Waals surface area contributed by atoms with Gasteiger partial charge in [-0.1, -0.05) is 11.4 Å². The van der Waals surface area contributed by atoms with E-state index >= 15 is 0 Å². The van der Waals surface area contributed by atoms with E-state index in [1.54, 1.807) is 0 Å². The summed E-state index contributed by atoms with van der Waals surface area (Å²) in [5.74, 6) is 0.0943. The van der Waals surface area contributed by atoms with Crippen LogP contribution in [-0.2, 0) is 6.42 Å². The largest absolute Gasteiger partial charge is 0.336 e. The summed E-state index contributed by atoms with van der Waals surface area (Å²) in [4.78, 5) is 15.0. The lowest BCUT2D eigenvalue weighted by Crippen LogP contribution is -2.46. The molecule has 2 heterocycles. The summed E-state index contributed by atoms with van der Waals surface area (Å²) in [5.41, 5.74) is 0.826. The lowest BCUT2D eigenvalue weighted by molar-refractivity contribution is 0.0702. The van der Waals surface area contributed by atoms with Crippen molar-refractivity contribution in [3.8, 4) is 0 Å². The summed E-state index contributed by atoms with van der Waals surface area (Å²) < 4.78 is 3.88. The van der Waals surface area contributed by atoms with Gasteiger partial charge >= 0.3 is 0 Å². The smallest absolute Gasteiger partial charge is 0.267 e. The molecule has 1 saturated heterocycles. The quantitative estimate of drug-likeness (QED) is 0.871. The van der Waals surface area contributed by atoms with Crippen molar-refractivity contribution in [3.05, 3.63) is 10.6 Å². The van der Waals surface area contributed by atoms with Crippen LogP contribution in [-0.4, -0.2) is 46.6 Å². The van der Waals surface area contributed by atoms with Gasteiger partial charge < -0.3 is 10.2 Å². The zero-order valence-electron chi connectivity index (χ0n) is 10.3. The van der Waals surface area contributed by atoms with E-state index in [1.165, 1.54) is 11.5 Å². The Morgan fingerprint density at radius 1 is 1.65 bits per heavy atom. The van der Waals surface area contributed by atoms with E-state index in [0.717, 1.165) is 38.0 Å². The summed E-state index contributed by atoms with van der Waals surface area (Å²) in [6.45, 7) is 3.63. The highest BCUT2D eigenvalue weighted by molar-refractivity contribution is 7.08. The number of hydrogen-bond donors (Lipinski definition) is 1. The van der Waals surface area contributed by atoms with Crippen molar-refractivity contribution >= 4 is 17.4 Å². The molecule has 5 nitrogen and oxygen atoms in total. The van der Waals surface area contributed by atoms with Crippen LogP contribution in [0.15, 0.2) is 0 Å². The van der Waals surface area contributed by atoms with E-state index in [4.69, 9.17) is 0 Å². The van der Waals surface area contributed by atoms with Gasteiger partial charge in [0, 0.05) is 19.1 Å². The maximum atomic E-state index is 12.3. The number of nitrogens with zero attached hydrogens (tertiary/aromatic N) is 3. The van der Waals surface area contributed by atoms with E-state index in [2.05, 4.69) is 14.9 Å². The molecule has 0 aliphatic carbocycles. The van der Waals surface area contributed by atoms with Crippen LogP contribution in [0.2, 0.25) is 0 Å². The summed E-state index contributed by atoms with van der Waals surface area (Å²) in [7, 11) is 1.95. The Hall–Kier alpha value is -1.01. The Morgan fingerprint density at radius 3 is 3.18 bits per heavy atom. The number of carbonyl (C=O) groups is 1. The van der Waals surface area contributed by atoms with Gasteiger partial charge in [0.1, 0.15) is 4.88 Å². The molecule has 0 saturated carbocycles. The molecule has 2 rings (SSSR count). The summed E-state index contributed by atoms with van der Waals surface area (Å²) in [5, 5.41) is 7.24. The number of hydrogen-bond acceptors (Lipinski definition) is 5. The number of aromatic nitrogens is 2. The van der Waals surface area contributed by atoms with Crippen molar-refractivity contribution in [2.24, 2.45) is 0 Å². The van der Waals surface area contributed by atoms with E-state index in [-0.39, 0.29) is 5.91 Å². The molecule has 1 atom stereocenters. The van der Waals surface area contributed by atoms with Crippen molar-refractivity contribution in [1.29, 1.82) is 0 Å². The number of rotatable bonds is 3. The van der Waals surface area contributed by atoms with E-state index in [9.17, 15) is 4.79 Å². The fourth-order valence-corrected chi connectivity index (χ4v) is 2.86. The molecule has 1 amide bonds. The van der Waals surface area contributed by atoms with Gasteiger partial charge in [0.25, 0.3) is 5.91 Å². The molecule has 1 aromatic heterocycles. The highest BCUT2D eigenvalue weighted by Gasteiger charge is 2.26. The van der Waals surface area contributed by atoms with Crippen molar-refractivity contribution < 1.29 is 4.79 Å². The zero-order chi connectivity index (χ0) is 12.3. The second-order valence-electron chi connectivity index (χ2n) is 4.28. The van der Waals surface area contributed by atoms with E-state index in [0.29, 0.717) is 10.9 Å². The third kappa shape index (κ3) is 2.63. The molecule has 1 aliphatic rings. The number of aryl methyl sites for hydroxylation is 1. The number of nitrogens with one attached hydrogen (secondary N) is 1. The third-order valence-corrected chi connectivity index (χ3v) is 3.96. The summed E-state index contributed by atoms with van der Waals surface area (Å²) in [6, 6.07) is 0.415. The molecule has 1 N–H and O–H groups in total. The van der Waals surface area contributed by atoms with Gasteiger partial charge in [-0.25, -0.2) is 0 Å². The van der Waals surface area contributed by atoms with Gasteiger partial charge in [-0.15, -0.1) is 5.10 Å². The SMILES string of the molecule is CCc1nnsc1C(=O)N1CCC[C@@H](NC)C1. The molecule has 1 fully saturated rings. The maximum absolute atomic E-state index is 12.3. The van der Waals surface area contributed by atoms with Crippen molar-refractivity contribution in [3.63, 3.8) is 0 Å². The van der Waals surface area contributed by atoms with Crippen molar-refractivity contribution in [2.45, 2.75) is 32.2 Å². The topological polar surface area (TPSA) is 58.1 Å². The molecule has 1 aliphatic heterocycles. The van der Waals surface area contributed by atoms with Crippen LogP contribution in [0.4, 0.5) is 0 Å². The van der Waals surface area contributed by atoms with Crippen molar-refractivity contribution in [1.82, 2.24) is 19.8 Å². The van der Waals surface area contributed by atoms with Crippen LogP contribution in [0.3, 0.4) is 0 Å². The first-order valence-corrected chi connectivity index (χ1v) is 6.81. The number of likely N-dealkylation sites (N-methyl/N-ethyl adjacent to an activating group) is 1. The highest BCUT2D eigenvalue weighted by Crippen LogP contribution is 2.18. The molecule has 1 aromatic rings. The molecule has 0 unspecified atom stereocenters. The van der Waals surface area contributed by atoms with Crippen LogP contribution < -0.4 is 5.32 Å². The molecule has 6 heteroatoms. The number of amides is 1. The molecule has 0 aromatic carbocycles. The Morgan fingerprint density at radius 2 is 2.47 bits per heavy atom. The highest BCUT2D eigenvalue weighted by atomic mass is 32.1. The second kappa shape index (κ2) is 5.55. The number of likely N-dealkylation sites (tertiary alicyclic amines) is 1. The maximum Gasteiger partial charge on any atom is 0.267 e. The van der Waals surface area contributed by atoms with Gasteiger partial charge in [0.05, 0.1) is 5.69 Å². The van der Waals surface area contributed by atoms with Crippen LogP contribution in [0.1, 0.15) is 35.1 Å². The zero-order valence-corrected chi connectivity index (χ0v) is 11.1. The Kier molecular flexibility index (Phi) is 4.06. The molecule has 0 bridgehead atoms. The minimum Gasteiger partial charge on any atom is -0.336 e. The number of piperidine rings is 1. The fraction of sp³-hybridized carbons (Fsp3) is 0.727. The molecular weight excluding hydrogens is 236 g/mol. The summed E-state index contributed by atoms with van der Waals surface area (Å²) >= 11 is 1.21. The summed E-state index contributed by atoms with van der Waals surface area (Å²) in [6.07, 6.45) is 2.97. The Bertz CT molecular complexity index is 393. The molecular formula is C11H18N4OS. The first-order valence-electron chi connectivity index (χ1n) is 6.04. The molecule has 94 valence electrons. The van der Waals surface area contributed by atoms with Gasteiger partial charge in [-0.3, -0.25) is 4.79 Å². The first-order chi connectivity index (χ1) is 8.26. The average Bonchev–Trinajstić information content (AvgIpc) is 2.86. The van der Waals surface area contributed by atoms with Crippen LogP contribution >= 0.6 is 11.5 Å². The van der Waals surface area contributed by atoms with Gasteiger partial charge in [0.2, 0.25) is 0 Å². The van der Waals surface area contributed by atoms with Gasteiger partial charge in [-0.2, -0.15) is 0 Å². The predicted octanol–water partition coefficient (Wildman–Crippen LogP) is 0.924. The lowest BCUT2D eigenvalue weighted by atomic mass is 10.1. The standard InChI is InChI=1S/C11H18N4OS/c1-3-9-10(17-14-13-9)11(16)15-6-4-5-8(7-15)12-2/h8,12H,3-7H2,1-2H3/t8-/m1/s1. The van der Waals surface area contributed by atoms with E-state index in [1.807, 2.05) is 18.9 Å². The third-order valence-electron chi connectivity index (χ3n) is 3.20. The minimum absolute atomic E-state index is 0.0943. The Balaban J connectivity index is 2.09. The monoisotopic (exact) mass is 254 g/mol. The molecule has 17 heavy (non-hydrogen) atoms. The minimum atomic E-state index is 0.0943. The van der Waals surface area contributed by atoms with Gasteiger partial charge in [-0.05, 0) is 37.8 Å². The predicted molar refractivity (Wildman–Crippen MR) is 67.3 cm³/mol. The second-order valence-corrected chi connectivity index (χ2v) is 5.04. The van der Waals surface area contributed by atoms with Crippen LogP contribution in [0.5, 0.6) is 0 Å². The normalized spacial score (nSPS) is 20.6.